The fraction of sp³-hybridized carbons (Fsp3) is 0.222. The van der Waals surface area contributed by atoms with E-state index in [9.17, 15) is 0 Å². The average Bonchev–Trinajstić information content (AvgIpc) is 2.46. The van der Waals surface area contributed by atoms with E-state index in [2.05, 4.69) is 31.9 Å². The highest BCUT2D eigenvalue weighted by Gasteiger charge is 2.10. The molecule has 2 aromatic rings. The van der Waals surface area contributed by atoms with E-state index >= 15 is 0 Å². The minimum absolute atomic E-state index is 0.344. The first-order valence-electron chi connectivity index (χ1n) is 6.48. The number of rotatable bonds is 4. The van der Waals surface area contributed by atoms with Crippen LogP contribution >= 0.6 is 0 Å². The molecule has 1 atom stereocenters. The Hall–Kier alpha value is -2.20. The summed E-state index contributed by atoms with van der Waals surface area (Å²) < 4.78 is 5.81. The van der Waals surface area contributed by atoms with Crippen molar-refractivity contribution in [3.8, 4) is 18.1 Å². The monoisotopic (exact) mass is 250 g/mol. The van der Waals surface area contributed by atoms with Crippen LogP contribution in [-0.4, -0.2) is 0 Å². The highest BCUT2D eigenvalue weighted by atomic mass is 16.5. The molecule has 0 saturated heterocycles. The summed E-state index contributed by atoms with van der Waals surface area (Å²) >= 11 is 0. The van der Waals surface area contributed by atoms with Crippen molar-refractivity contribution in [3.63, 3.8) is 0 Å². The number of hydrogen-bond donors (Lipinski definition) is 0. The lowest BCUT2D eigenvalue weighted by Crippen LogP contribution is -2.05. The van der Waals surface area contributed by atoms with E-state index in [0.717, 1.165) is 11.3 Å². The molecule has 0 aliphatic heterocycles. The number of ether oxygens (including phenoxy) is 1. The maximum atomic E-state index is 5.81. The van der Waals surface area contributed by atoms with E-state index in [1.807, 2.05) is 42.5 Å². The highest BCUT2D eigenvalue weighted by molar-refractivity contribution is 5.31. The summed E-state index contributed by atoms with van der Waals surface area (Å²) in [5.74, 6) is 4.01. The van der Waals surface area contributed by atoms with Gasteiger partial charge >= 0.3 is 0 Å². The van der Waals surface area contributed by atoms with Crippen LogP contribution in [0.25, 0.3) is 0 Å². The van der Waals surface area contributed by atoms with Gasteiger partial charge in [-0.2, -0.15) is 0 Å². The maximum Gasteiger partial charge on any atom is 0.184 e. The van der Waals surface area contributed by atoms with Crippen molar-refractivity contribution in [2.24, 2.45) is 0 Å². The fourth-order valence-corrected chi connectivity index (χ4v) is 1.89. The number of hydrogen-bond acceptors (Lipinski definition) is 1. The summed E-state index contributed by atoms with van der Waals surface area (Å²) in [4.78, 5) is 0. The van der Waals surface area contributed by atoms with Crippen molar-refractivity contribution in [3.05, 3.63) is 65.7 Å². The van der Waals surface area contributed by atoms with Crippen LogP contribution in [0.5, 0.6) is 5.75 Å². The summed E-state index contributed by atoms with van der Waals surface area (Å²) in [6.07, 6.45) is 5.23. The Morgan fingerprint density at radius 2 is 1.47 bits per heavy atom. The largest absolute Gasteiger partial charge is 0.473 e. The third-order valence-corrected chi connectivity index (χ3v) is 3.05. The number of para-hydroxylation sites is 1. The third-order valence-electron chi connectivity index (χ3n) is 3.05. The van der Waals surface area contributed by atoms with Crippen molar-refractivity contribution in [2.75, 3.05) is 0 Å². The zero-order valence-electron chi connectivity index (χ0n) is 11.3. The molecule has 2 aromatic carbocycles. The lowest BCUT2D eigenvalue weighted by Gasteiger charge is -2.15. The van der Waals surface area contributed by atoms with Crippen molar-refractivity contribution in [1.82, 2.24) is 0 Å². The van der Waals surface area contributed by atoms with Gasteiger partial charge in [0.2, 0.25) is 0 Å². The predicted molar refractivity (Wildman–Crippen MR) is 79.2 cm³/mol. The van der Waals surface area contributed by atoms with Crippen LogP contribution in [0, 0.1) is 12.3 Å². The predicted octanol–water partition coefficient (Wildman–Crippen LogP) is 4.56. The number of terminal acetylenes is 1. The second-order valence-corrected chi connectivity index (χ2v) is 4.80. The second-order valence-electron chi connectivity index (χ2n) is 4.80. The Labute approximate surface area is 115 Å². The van der Waals surface area contributed by atoms with Crippen molar-refractivity contribution in [2.45, 2.75) is 25.9 Å². The molecule has 1 heteroatoms. The first-order valence-corrected chi connectivity index (χ1v) is 6.48. The van der Waals surface area contributed by atoms with Crippen molar-refractivity contribution in [1.29, 1.82) is 0 Å². The van der Waals surface area contributed by atoms with Gasteiger partial charge in [0.05, 0.1) is 0 Å². The van der Waals surface area contributed by atoms with Gasteiger partial charge in [-0.25, -0.2) is 0 Å². The van der Waals surface area contributed by atoms with Crippen LogP contribution < -0.4 is 4.74 Å². The Bertz CT molecular complexity index is 546. The van der Waals surface area contributed by atoms with Crippen LogP contribution in [0.3, 0.4) is 0 Å². The molecule has 1 unspecified atom stereocenters. The van der Waals surface area contributed by atoms with Crippen LogP contribution in [0.1, 0.15) is 37.0 Å². The smallest absolute Gasteiger partial charge is 0.184 e. The molecular weight excluding hydrogens is 232 g/mol. The molecule has 0 bridgehead atoms. The molecule has 0 aliphatic carbocycles. The molecule has 0 N–H and O–H groups in total. The van der Waals surface area contributed by atoms with Gasteiger partial charge in [-0.3, -0.25) is 0 Å². The Morgan fingerprint density at radius 3 is 2.00 bits per heavy atom. The molecule has 0 spiro atoms. The molecule has 96 valence electrons. The van der Waals surface area contributed by atoms with Crippen LogP contribution in [-0.2, 0) is 0 Å². The van der Waals surface area contributed by atoms with Crippen LogP contribution in [0.4, 0.5) is 0 Å². The summed E-state index contributed by atoms with van der Waals surface area (Å²) in [5, 5.41) is 0. The molecule has 0 saturated carbocycles. The summed E-state index contributed by atoms with van der Waals surface area (Å²) in [7, 11) is 0. The standard InChI is InChI=1S/C18H18O/c1-4-18(19-17-8-6-5-7-9-17)16-12-10-15(11-13-16)14(2)3/h1,5-14,18H,2-3H3. The molecule has 0 aliphatic rings. The molecule has 0 fully saturated rings. The zero-order valence-corrected chi connectivity index (χ0v) is 11.3. The maximum absolute atomic E-state index is 5.81. The molecular formula is C18H18O. The molecule has 19 heavy (non-hydrogen) atoms. The van der Waals surface area contributed by atoms with E-state index in [1.54, 1.807) is 0 Å². The van der Waals surface area contributed by atoms with Gasteiger partial charge in [0.25, 0.3) is 0 Å². The minimum atomic E-state index is -0.344. The van der Waals surface area contributed by atoms with Gasteiger partial charge in [0.15, 0.2) is 6.10 Å². The number of benzene rings is 2. The van der Waals surface area contributed by atoms with Gasteiger partial charge in [-0.1, -0.05) is 62.2 Å². The Morgan fingerprint density at radius 1 is 0.895 bits per heavy atom. The molecule has 0 heterocycles. The average molecular weight is 250 g/mol. The van der Waals surface area contributed by atoms with Crippen LogP contribution in [0.2, 0.25) is 0 Å². The van der Waals surface area contributed by atoms with E-state index in [0.29, 0.717) is 5.92 Å². The fourth-order valence-electron chi connectivity index (χ4n) is 1.89. The van der Waals surface area contributed by atoms with E-state index < -0.39 is 0 Å². The Balaban J connectivity index is 2.16. The SMILES string of the molecule is C#CC(Oc1ccccc1)c1ccc(C(C)C)cc1. The molecule has 0 amide bonds. The molecule has 0 aromatic heterocycles. The first kappa shape index (κ1) is 13.2. The lowest BCUT2D eigenvalue weighted by molar-refractivity contribution is 0.265. The lowest BCUT2D eigenvalue weighted by atomic mass is 10.00. The molecule has 2 rings (SSSR count). The van der Waals surface area contributed by atoms with Gasteiger partial charge in [0.1, 0.15) is 5.75 Å². The van der Waals surface area contributed by atoms with Gasteiger partial charge < -0.3 is 4.74 Å². The first-order chi connectivity index (χ1) is 9.20. The van der Waals surface area contributed by atoms with E-state index in [1.165, 1.54) is 5.56 Å². The van der Waals surface area contributed by atoms with Gasteiger partial charge in [0, 0.05) is 5.56 Å². The second kappa shape index (κ2) is 6.11. The normalized spacial score (nSPS) is 11.9. The van der Waals surface area contributed by atoms with Gasteiger partial charge in [-0.05, 0) is 23.6 Å². The Kier molecular flexibility index (Phi) is 4.26. The quantitative estimate of drug-likeness (QED) is 0.723. The summed E-state index contributed by atoms with van der Waals surface area (Å²) in [6.45, 7) is 4.35. The van der Waals surface area contributed by atoms with Crippen molar-refractivity contribution >= 4 is 0 Å². The molecule has 1 nitrogen and oxygen atoms in total. The third kappa shape index (κ3) is 3.39. The van der Waals surface area contributed by atoms with E-state index in [4.69, 9.17) is 11.2 Å². The summed E-state index contributed by atoms with van der Waals surface area (Å²) in [6, 6.07) is 18.0. The van der Waals surface area contributed by atoms with Gasteiger partial charge in [-0.15, -0.1) is 6.42 Å². The minimum Gasteiger partial charge on any atom is -0.473 e. The summed E-state index contributed by atoms with van der Waals surface area (Å²) in [5.41, 5.74) is 2.31. The molecule has 0 radical (unpaired) electrons. The van der Waals surface area contributed by atoms with E-state index in [-0.39, 0.29) is 6.10 Å². The van der Waals surface area contributed by atoms with Crippen LogP contribution in [0.15, 0.2) is 54.6 Å². The topological polar surface area (TPSA) is 9.23 Å². The highest BCUT2D eigenvalue weighted by Crippen LogP contribution is 2.23. The zero-order chi connectivity index (χ0) is 13.7. The van der Waals surface area contributed by atoms with Crippen molar-refractivity contribution < 1.29 is 4.74 Å².